The third-order valence-electron chi connectivity index (χ3n) is 4.62. The summed E-state index contributed by atoms with van der Waals surface area (Å²) < 4.78 is 6.70. The Bertz CT molecular complexity index is 396. The second-order valence-corrected chi connectivity index (χ2v) is 12.5. The monoisotopic (exact) mass is 308 g/mol. The van der Waals surface area contributed by atoms with E-state index in [1.807, 2.05) is 6.08 Å². The van der Waals surface area contributed by atoms with E-state index >= 15 is 0 Å². The maximum atomic E-state index is 6.70. The first-order valence-electron chi connectivity index (χ1n) is 8.05. The summed E-state index contributed by atoms with van der Waals surface area (Å²) in [5, 5.41) is 0.235. The van der Waals surface area contributed by atoms with E-state index < -0.39 is 8.32 Å². The minimum Gasteiger partial charge on any atom is -0.410 e. The molecule has 0 heterocycles. The molecule has 2 atom stereocenters. The molecule has 0 aromatic carbocycles. The molecule has 0 rings (SSSR count). The maximum Gasteiger partial charge on any atom is 0.192 e. The topological polar surface area (TPSA) is 9.23 Å². The quantitative estimate of drug-likeness (QED) is 0.385. The van der Waals surface area contributed by atoms with Crippen molar-refractivity contribution in [2.45, 2.75) is 79.1 Å². The molecule has 1 nitrogen and oxygen atoms in total. The molecular formula is C19H36OSi. The normalized spacial score (nSPS) is 17.6. The molecule has 0 aromatic rings. The molecular weight excluding hydrogens is 272 g/mol. The maximum absolute atomic E-state index is 6.70. The summed E-state index contributed by atoms with van der Waals surface area (Å²) in [4.78, 5) is 0. The highest BCUT2D eigenvalue weighted by atomic mass is 28.4. The van der Waals surface area contributed by atoms with Crippen molar-refractivity contribution in [3.63, 3.8) is 0 Å². The predicted octanol–water partition coefficient (Wildman–Crippen LogP) is 6.50. The van der Waals surface area contributed by atoms with Gasteiger partial charge in [-0.1, -0.05) is 51.5 Å². The largest absolute Gasteiger partial charge is 0.410 e. The standard InChI is InChI=1S/C19H36OSi/c1-11-13-15(3)14-17(5)18(16(4)12-2)20-21(9,10)19(6,7)8/h11-12,14,17-18H,1,13H2,2-10H3/b15-14+,16-12+/t17-,18+/m1/s1. The molecule has 21 heavy (non-hydrogen) atoms. The highest BCUT2D eigenvalue weighted by Gasteiger charge is 2.40. The first kappa shape index (κ1) is 20.4. The minimum absolute atomic E-state index is 0.177. The lowest BCUT2D eigenvalue weighted by Gasteiger charge is -2.41. The summed E-state index contributed by atoms with van der Waals surface area (Å²) in [5.74, 6) is 0.385. The van der Waals surface area contributed by atoms with Gasteiger partial charge in [-0.25, -0.2) is 0 Å². The Labute approximate surface area is 134 Å². The van der Waals surface area contributed by atoms with Gasteiger partial charge >= 0.3 is 0 Å². The summed E-state index contributed by atoms with van der Waals surface area (Å²) in [6.07, 6.45) is 7.62. The van der Waals surface area contributed by atoms with Gasteiger partial charge in [-0.05, 0) is 50.9 Å². The molecule has 0 aliphatic heterocycles. The van der Waals surface area contributed by atoms with Gasteiger partial charge in [-0.2, -0.15) is 0 Å². The van der Waals surface area contributed by atoms with E-state index in [0.29, 0.717) is 5.92 Å². The van der Waals surface area contributed by atoms with Crippen molar-refractivity contribution in [1.82, 2.24) is 0 Å². The van der Waals surface area contributed by atoms with E-state index in [1.165, 1.54) is 11.1 Å². The molecule has 0 spiro atoms. The van der Waals surface area contributed by atoms with E-state index in [4.69, 9.17) is 4.43 Å². The molecule has 0 aliphatic carbocycles. The van der Waals surface area contributed by atoms with Crippen LogP contribution in [0.5, 0.6) is 0 Å². The first-order valence-corrected chi connectivity index (χ1v) is 11.0. The van der Waals surface area contributed by atoms with Gasteiger partial charge < -0.3 is 4.43 Å². The van der Waals surface area contributed by atoms with Gasteiger partial charge in [0.2, 0.25) is 0 Å². The van der Waals surface area contributed by atoms with Crippen LogP contribution in [0.1, 0.15) is 54.9 Å². The molecule has 0 unspecified atom stereocenters. The SMILES string of the molecule is C=CC/C(C)=C/[C@@H](C)[C@@H](O[Si](C)(C)C(C)(C)C)/C(C)=C/C. The average Bonchev–Trinajstić information content (AvgIpc) is 2.33. The molecule has 0 bridgehead atoms. The fourth-order valence-corrected chi connectivity index (χ4v) is 3.49. The van der Waals surface area contributed by atoms with Crippen molar-refractivity contribution >= 4 is 8.32 Å². The Morgan fingerprint density at radius 1 is 1.24 bits per heavy atom. The lowest BCUT2D eigenvalue weighted by molar-refractivity contribution is 0.178. The molecule has 0 amide bonds. The number of hydrogen-bond donors (Lipinski definition) is 0. The Morgan fingerprint density at radius 3 is 2.14 bits per heavy atom. The van der Waals surface area contributed by atoms with Crippen LogP contribution in [0, 0.1) is 5.92 Å². The van der Waals surface area contributed by atoms with Crippen molar-refractivity contribution in [3.05, 3.63) is 36.0 Å². The Kier molecular flexibility index (Phi) is 7.91. The van der Waals surface area contributed by atoms with Crippen LogP contribution in [0.3, 0.4) is 0 Å². The minimum atomic E-state index is -1.77. The van der Waals surface area contributed by atoms with Gasteiger partial charge in [0, 0.05) is 5.92 Å². The van der Waals surface area contributed by atoms with Crippen LogP contribution in [-0.4, -0.2) is 14.4 Å². The summed E-state index contributed by atoms with van der Waals surface area (Å²) in [7, 11) is -1.77. The van der Waals surface area contributed by atoms with Crippen LogP contribution in [0.15, 0.2) is 36.0 Å². The average molecular weight is 309 g/mol. The van der Waals surface area contributed by atoms with Crippen LogP contribution >= 0.6 is 0 Å². The van der Waals surface area contributed by atoms with Crippen LogP contribution in [-0.2, 0) is 4.43 Å². The zero-order valence-corrected chi connectivity index (χ0v) is 16.7. The summed E-state index contributed by atoms with van der Waals surface area (Å²) in [6, 6.07) is 0. The molecule has 0 radical (unpaired) electrons. The summed E-state index contributed by atoms with van der Waals surface area (Å²) in [5.41, 5.74) is 2.69. The van der Waals surface area contributed by atoms with Crippen LogP contribution in [0.25, 0.3) is 0 Å². The lowest BCUT2D eigenvalue weighted by atomic mass is 9.95. The van der Waals surface area contributed by atoms with Crippen LogP contribution in [0.2, 0.25) is 18.1 Å². The van der Waals surface area contributed by atoms with E-state index in [2.05, 4.69) is 80.3 Å². The van der Waals surface area contributed by atoms with E-state index in [0.717, 1.165) is 6.42 Å². The third-order valence-corrected chi connectivity index (χ3v) is 9.08. The van der Waals surface area contributed by atoms with E-state index in [-0.39, 0.29) is 11.1 Å². The zero-order chi connectivity index (χ0) is 16.8. The van der Waals surface area contributed by atoms with Gasteiger partial charge in [0.25, 0.3) is 0 Å². The van der Waals surface area contributed by atoms with Crippen molar-refractivity contribution in [2.24, 2.45) is 5.92 Å². The van der Waals surface area contributed by atoms with Gasteiger partial charge in [0.15, 0.2) is 8.32 Å². The number of allylic oxidation sites excluding steroid dienone is 3. The Morgan fingerprint density at radius 2 is 1.76 bits per heavy atom. The molecule has 0 N–H and O–H groups in total. The van der Waals surface area contributed by atoms with E-state index in [1.54, 1.807) is 0 Å². The zero-order valence-electron chi connectivity index (χ0n) is 15.7. The van der Waals surface area contributed by atoms with Crippen LogP contribution < -0.4 is 0 Å². The third kappa shape index (κ3) is 6.35. The molecule has 0 saturated heterocycles. The van der Waals surface area contributed by atoms with Crippen molar-refractivity contribution in [2.75, 3.05) is 0 Å². The lowest BCUT2D eigenvalue weighted by Crippen LogP contribution is -2.45. The molecule has 0 fully saturated rings. The van der Waals surface area contributed by atoms with Crippen molar-refractivity contribution < 1.29 is 4.43 Å². The van der Waals surface area contributed by atoms with Crippen molar-refractivity contribution in [1.29, 1.82) is 0 Å². The van der Waals surface area contributed by atoms with Crippen LogP contribution in [0.4, 0.5) is 0 Å². The molecule has 122 valence electrons. The number of rotatable bonds is 7. The fourth-order valence-electron chi connectivity index (χ4n) is 2.11. The highest BCUT2D eigenvalue weighted by Crippen LogP contribution is 2.39. The van der Waals surface area contributed by atoms with Crippen molar-refractivity contribution in [3.8, 4) is 0 Å². The first-order chi connectivity index (χ1) is 9.46. The Hall–Kier alpha value is -0.603. The smallest absolute Gasteiger partial charge is 0.192 e. The molecule has 2 heteroatoms. The summed E-state index contributed by atoms with van der Waals surface area (Å²) >= 11 is 0. The molecule has 0 saturated carbocycles. The second-order valence-electron chi connectivity index (χ2n) is 7.70. The molecule has 0 aromatic heterocycles. The summed E-state index contributed by atoms with van der Waals surface area (Å²) in [6.45, 7) is 24.1. The van der Waals surface area contributed by atoms with Gasteiger partial charge in [-0.15, -0.1) is 6.58 Å². The van der Waals surface area contributed by atoms with E-state index in [9.17, 15) is 0 Å². The molecule has 0 aliphatic rings. The van der Waals surface area contributed by atoms with Gasteiger partial charge in [-0.3, -0.25) is 0 Å². The number of hydrogen-bond acceptors (Lipinski definition) is 1. The highest BCUT2D eigenvalue weighted by molar-refractivity contribution is 6.74. The van der Waals surface area contributed by atoms with Gasteiger partial charge in [0.05, 0.1) is 6.10 Å². The predicted molar refractivity (Wildman–Crippen MR) is 99.2 cm³/mol. The van der Waals surface area contributed by atoms with Gasteiger partial charge in [0.1, 0.15) is 0 Å². The Balaban J connectivity index is 5.33. The fraction of sp³-hybridized carbons (Fsp3) is 0.684. The second kappa shape index (κ2) is 8.14.